The summed E-state index contributed by atoms with van der Waals surface area (Å²) in [5.74, 6) is -0.471. The third kappa shape index (κ3) is 1.73. The lowest BCUT2D eigenvalue weighted by Gasteiger charge is -2.01. The van der Waals surface area contributed by atoms with Crippen molar-refractivity contribution in [1.82, 2.24) is 4.98 Å². The summed E-state index contributed by atoms with van der Waals surface area (Å²) in [6.45, 7) is 0. The van der Waals surface area contributed by atoms with Crippen LogP contribution in [0.25, 0.3) is 0 Å². The third-order valence-corrected chi connectivity index (χ3v) is 1.61. The minimum atomic E-state index is -0.645. The Labute approximate surface area is 72.9 Å². The molecule has 1 aromatic heterocycles. The molecule has 0 amide bonds. The fraction of sp³-hybridized carbons (Fsp3) is 0.167. The van der Waals surface area contributed by atoms with Gasteiger partial charge in [-0.1, -0.05) is 23.2 Å². The normalized spacial score (nSPS) is 9.82. The lowest BCUT2D eigenvalue weighted by molar-refractivity contribution is 0.409. The average molecular weight is 196 g/mol. The summed E-state index contributed by atoms with van der Waals surface area (Å²) in [5.41, 5.74) is 0. The molecule has 2 nitrogen and oxygen atoms in total. The summed E-state index contributed by atoms with van der Waals surface area (Å²) in [6.07, 6.45) is 0. The van der Waals surface area contributed by atoms with Crippen molar-refractivity contribution >= 4 is 23.2 Å². The van der Waals surface area contributed by atoms with E-state index in [0.29, 0.717) is 0 Å². The second-order valence-electron chi connectivity index (χ2n) is 1.75. The summed E-state index contributed by atoms with van der Waals surface area (Å²) in [6, 6.07) is 1.08. The molecule has 0 aliphatic heterocycles. The SMILES string of the molecule is COc1cc(F)c(Cl)nc1Cl. The van der Waals surface area contributed by atoms with Crippen LogP contribution >= 0.6 is 23.2 Å². The lowest BCUT2D eigenvalue weighted by atomic mass is 10.4. The van der Waals surface area contributed by atoms with Crippen LogP contribution < -0.4 is 4.74 Å². The summed E-state index contributed by atoms with van der Waals surface area (Å²) in [7, 11) is 1.37. The Kier molecular flexibility index (Phi) is 2.52. The number of halogens is 3. The van der Waals surface area contributed by atoms with E-state index in [2.05, 4.69) is 9.72 Å². The number of aromatic nitrogens is 1. The van der Waals surface area contributed by atoms with Gasteiger partial charge < -0.3 is 4.74 Å². The first-order chi connectivity index (χ1) is 5.15. The first kappa shape index (κ1) is 8.56. The van der Waals surface area contributed by atoms with Crippen LogP contribution in [0.4, 0.5) is 4.39 Å². The van der Waals surface area contributed by atoms with Crippen molar-refractivity contribution in [3.8, 4) is 5.75 Å². The van der Waals surface area contributed by atoms with Crippen molar-refractivity contribution in [3.05, 3.63) is 22.2 Å². The molecule has 5 heteroatoms. The highest BCUT2D eigenvalue weighted by Crippen LogP contribution is 2.25. The predicted molar refractivity (Wildman–Crippen MR) is 40.8 cm³/mol. The molecule has 0 N–H and O–H groups in total. The fourth-order valence-electron chi connectivity index (χ4n) is 0.572. The van der Waals surface area contributed by atoms with E-state index in [0.717, 1.165) is 6.07 Å². The Hall–Kier alpha value is -0.540. The van der Waals surface area contributed by atoms with Gasteiger partial charge >= 0.3 is 0 Å². The van der Waals surface area contributed by atoms with Crippen LogP contribution in [0, 0.1) is 5.82 Å². The molecule has 60 valence electrons. The van der Waals surface area contributed by atoms with Gasteiger partial charge in [-0.05, 0) is 0 Å². The maximum absolute atomic E-state index is 12.6. The molecule has 0 spiro atoms. The van der Waals surface area contributed by atoms with Gasteiger partial charge in [-0.15, -0.1) is 0 Å². The Morgan fingerprint density at radius 1 is 1.45 bits per heavy atom. The maximum Gasteiger partial charge on any atom is 0.172 e. The summed E-state index contributed by atoms with van der Waals surface area (Å²) in [4.78, 5) is 3.47. The maximum atomic E-state index is 12.6. The molecule has 0 unspecified atom stereocenters. The number of rotatable bonds is 1. The van der Waals surface area contributed by atoms with Crippen molar-refractivity contribution in [1.29, 1.82) is 0 Å². The molecular formula is C6H4Cl2FNO. The second-order valence-corrected chi connectivity index (χ2v) is 2.47. The highest BCUT2D eigenvalue weighted by Gasteiger charge is 2.07. The van der Waals surface area contributed by atoms with Crippen molar-refractivity contribution in [2.24, 2.45) is 0 Å². The van der Waals surface area contributed by atoms with Gasteiger partial charge in [0.1, 0.15) is 0 Å². The van der Waals surface area contributed by atoms with Gasteiger partial charge in [0, 0.05) is 6.07 Å². The number of ether oxygens (including phenoxy) is 1. The monoisotopic (exact) mass is 195 g/mol. The fourth-order valence-corrected chi connectivity index (χ4v) is 0.971. The molecule has 0 atom stereocenters. The minimum Gasteiger partial charge on any atom is -0.493 e. The summed E-state index contributed by atoms with van der Waals surface area (Å²) in [5, 5.41) is -0.199. The molecule has 0 aliphatic rings. The molecular weight excluding hydrogens is 192 g/mol. The summed E-state index contributed by atoms with van der Waals surface area (Å²) >= 11 is 10.8. The van der Waals surface area contributed by atoms with Gasteiger partial charge in [0.05, 0.1) is 7.11 Å². The van der Waals surface area contributed by atoms with Gasteiger partial charge in [0.15, 0.2) is 21.9 Å². The van der Waals surface area contributed by atoms with Crippen LogP contribution in [-0.4, -0.2) is 12.1 Å². The largest absolute Gasteiger partial charge is 0.493 e. The highest BCUT2D eigenvalue weighted by atomic mass is 35.5. The van der Waals surface area contributed by atoms with Crippen LogP contribution in [0.5, 0.6) is 5.75 Å². The molecule has 0 radical (unpaired) electrons. The Balaban J connectivity index is 3.21. The average Bonchev–Trinajstić information content (AvgIpc) is 1.97. The summed E-state index contributed by atoms with van der Waals surface area (Å²) < 4.78 is 17.3. The van der Waals surface area contributed by atoms with Crippen molar-refractivity contribution in [2.75, 3.05) is 7.11 Å². The number of hydrogen-bond acceptors (Lipinski definition) is 2. The number of methoxy groups -OCH3 is 1. The van der Waals surface area contributed by atoms with Crippen LogP contribution in [-0.2, 0) is 0 Å². The van der Waals surface area contributed by atoms with Gasteiger partial charge in [0.2, 0.25) is 0 Å². The molecule has 0 saturated carbocycles. The zero-order chi connectivity index (χ0) is 8.43. The minimum absolute atomic E-state index is 0.0545. The highest BCUT2D eigenvalue weighted by molar-refractivity contribution is 6.33. The van der Waals surface area contributed by atoms with Gasteiger partial charge in [-0.3, -0.25) is 0 Å². The zero-order valence-corrected chi connectivity index (χ0v) is 7.08. The van der Waals surface area contributed by atoms with E-state index in [1.54, 1.807) is 0 Å². The van der Waals surface area contributed by atoms with E-state index in [1.165, 1.54) is 7.11 Å². The molecule has 1 rings (SSSR count). The Morgan fingerprint density at radius 2 is 2.09 bits per heavy atom. The van der Waals surface area contributed by atoms with Crippen LogP contribution in [0.1, 0.15) is 0 Å². The van der Waals surface area contributed by atoms with Crippen LogP contribution in [0.15, 0.2) is 6.07 Å². The second kappa shape index (κ2) is 3.24. The molecule has 1 aromatic rings. The van der Waals surface area contributed by atoms with Crippen LogP contribution in [0.3, 0.4) is 0 Å². The number of nitrogens with zero attached hydrogens (tertiary/aromatic N) is 1. The topological polar surface area (TPSA) is 22.1 Å². The van der Waals surface area contributed by atoms with E-state index in [9.17, 15) is 4.39 Å². The van der Waals surface area contributed by atoms with Gasteiger partial charge in [-0.2, -0.15) is 0 Å². The molecule has 1 heterocycles. The van der Waals surface area contributed by atoms with Crippen molar-refractivity contribution < 1.29 is 9.13 Å². The molecule has 0 aromatic carbocycles. The van der Waals surface area contributed by atoms with Gasteiger partial charge in [-0.25, -0.2) is 9.37 Å². The smallest absolute Gasteiger partial charge is 0.172 e. The Bertz CT molecular complexity index is 280. The predicted octanol–water partition coefficient (Wildman–Crippen LogP) is 2.54. The van der Waals surface area contributed by atoms with Gasteiger partial charge in [0.25, 0.3) is 0 Å². The molecule has 0 fully saturated rings. The zero-order valence-electron chi connectivity index (χ0n) is 5.57. The van der Waals surface area contributed by atoms with E-state index >= 15 is 0 Å². The van der Waals surface area contributed by atoms with E-state index in [4.69, 9.17) is 23.2 Å². The van der Waals surface area contributed by atoms with E-state index in [1.807, 2.05) is 0 Å². The first-order valence-corrected chi connectivity index (χ1v) is 3.46. The quantitative estimate of drug-likeness (QED) is 0.643. The van der Waals surface area contributed by atoms with Crippen molar-refractivity contribution in [3.63, 3.8) is 0 Å². The van der Waals surface area contributed by atoms with Crippen LogP contribution in [0.2, 0.25) is 10.3 Å². The van der Waals surface area contributed by atoms with E-state index < -0.39 is 5.82 Å². The standard InChI is InChI=1S/C6H4Cl2FNO/c1-11-4-2-3(9)5(7)10-6(4)8/h2H,1H3. The number of pyridine rings is 1. The van der Waals surface area contributed by atoms with E-state index in [-0.39, 0.29) is 16.1 Å². The number of hydrogen-bond donors (Lipinski definition) is 0. The molecule has 0 saturated heterocycles. The molecule has 0 bridgehead atoms. The molecule has 11 heavy (non-hydrogen) atoms. The van der Waals surface area contributed by atoms with Crippen molar-refractivity contribution in [2.45, 2.75) is 0 Å². The Morgan fingerprint density at radius 3 is 2.64 bits per heavy atom. The lowest BCUT2D eigenvalue weighted by Crippen LogP contribution is -1.90. The third-order valence-electron chi connectivity index (χ3n) is 1.07. The first-order valence-electron chi connectivity index (χ1n) is 2.70. The molecule has 0 aliphatic carbocycles.